The summed E-state index contributed by atoms with van der Waals surface area (Å²) in [5.74, 6) is -0.415. The first kappa shape index (κ1) is 15.2. The molecule has 0 aliphatic heterocycles. The Morgan fingerprint density at radius 2 is 2.00 bits per heavy atom. The van der Waals surface area contributed by atoms with Crippen LogP contribution in [0.4, 0.5) is 0 Å². The highest BCUT2D eigenvalue weighted by Gasteiger charge is 2.21. The monoisotopic (exact) mass is 327 g/mol. The zero-order chi connectivity index (χ0) is 16.4. The molecule has 0 radical (unpaired) electrons. The minimum Gasteiger partial charge on any atom is -0.477 e. The number of carboxylic acids is 1. The molecule has 6 heteroatoms. The zero-order valence-electron chi connectivity index (χ0n) is 12.4. The normalized spacial score (nSPS) is 10.7. The molecule has 0 spiro atoms. The van der Waals surface area contributed by atoms with Gasteiger partial charge in [0, 0.05) is 29.5 Å². The van der Waals surface area contributed by atoms with E-state index in [0.717, 1.165) is 11.1 Å². The second-order valence-corrected chi connectivity index (χ2v) is 5.57. The third-order valence-electron chi connectivity index (χ3n) is 3.52. The number of aryl methyl sites for hydroxylation is 1. The molecular weight excluding hydrogens is 314 g/mol. The average Bonchev–Trinajstić information content (AvgIpc) is 2.87. The van der Waals surface area contributed by atoms with Crippen molar-refractivity contribution in [2.45, 2.75) is 13.5 Å². The van der Waals surface area contributed by atoms with Crippen molar-refractivity contribution in [1.82, 2.24) is 14.5 Å². The van der Waals surface area contributed by atoms with E-state index in [0.29, 0.717) is 23.1 Å². The summed E-state index contributed by atoms with van der Waals surface area (Å²) >= 11 is 5.91. The first-order chi connectivity index (χ1) is 11.1. The van der Waals surface area contributed by atoms with Gasteiger partial charge in [-0.15, -0.1) is 0 Å². The van der Waals surface area contributed by atoms with Crippen molar-refractivity contribution < 1.29 is 9.90 Å². The van der Waals surface area contributed by atoms with Crippen molar-refractivity contribution in [2.24, 2.45) is 0 Å². The van der Waals surface area contributed by atoms with Crippen LogP contribution in [-0.4, -0.2) is 25.6 Å². The van der Waals surface area contributed by atoms with E-state index in [4.69, 9.17) is 11.6 Å². The quantitative estimate of drug-likeness (QED) is 0.794. The molecule has 1 aromatic carbocycles. The first-order valence-electron chi connectivity index (χ1n) is 7.01. The molecule has 1 N–H and O–H groups in total. The van der Waals surface area contributed by atoms with Gasteiger partial charge in [0.25, 0.3) is 0 Å². The lowest BCUT2D eigenvalue weighted by atomic mass is 10.2. The van der Waals surface area contributed by atoms with E-state index in [1.54, 1.807) is 42.1 Å². The lowest BCUT2D eigenvalue weighted by Gasteiger charge is -2.10. The standard InChI is InChI=1S/C17H14ClN3O2/c1-11-15(17(22)23)21(10-12-4-6-14(18)7-5-12)16(20-11)13-3-2-8-19-9-13/h2-9H,10H2,1H3,(H,22,23). The maximum atomic E-state index is 11.6. The van der Waals surface area contributed by atoms with E-state index in [9.17, 15) is 9.90 Å². The van der Waals surface area contributed by atoms with Crippen LogP contribution in [0.2, 0.25) is 5.02 Å². The van der Waals surface area contributed by atoms with Gasteiger partial charge in [-0.2, -0.15) is 0 Å². The molecule has 0 bridgehead atoms. The number of hydrogen-bond donors (Lipinski definition) is 1. The Kier molecular flexibility index (Phi) is 4.12. The predicted molar refractivity (Wildman–Crippen MR) is 87.7 cm³/mol. The highest BCUT2D eigenvalue weighted by molar-refractivity contribution is 6.30. The van der Waals surface area contributed by atoms with Crippen LogP contribution < -0.4 is 0 Å². The van der Waals surface area contributed by atoms with Gasteiger partial charge in [0.2, 0.25) is 0 Å². The Morgan fingerprint density at radius 1 is 1.26 bits per heavy atom. The van der Waals surface area contributed by atoms with E-state index >= 15 is 0 Å². The summed E-state index contributed by atoms with van der Waals surface area (Å²) in [5.41, 5.74) is 2.38. The molecule has 0 aliphatic carbocycles. The highest BCUT2D eigenvalue weighted by Crippen LogP contribution is 2.23. The van der Waals surface area contributed by atoms with Crippen molar-refractivity contribution >= 4 is 17.6 Å². The van der Waals surface area contributed by atoms with Crippen LogP contribution in [0.15, 0.2) is 48.8 Å². The van der Waals surface area contributed by atoms with Gasteiger partial charge < -0.3 is 9.67 Å². The smallest absolute Gasteiger partial charge is 0.354 e. The molecule has 23 heavy (non-hydrogen) atoms. The molecule has 0 aliphatic rings. The van der Waals surface area contributed by atoms with Gasteiger partial charge in [0.15, 0.2) is 5.69 Å². The maximum Gasteiger partial charge on any atom is 0.354 e. The lowest BCUT2D eigenvalue weighted by molar-refractivity contribution is 0.0685. The van der Waals surface area contributed by atoms with Gasteiger partial charge in [0.1, 0.15) is 5.82 Å². The molecule has 0 fully saturated rings. The van der Waals surface area contributed by atoms with Gasteiger partial charge in [0.05, 0.1) is 5.69 Å². The summed E-state index contributed by atoms with van der Waals surface area (Å²) in [5, 5.41) is 10.2. The highest BCUT2D eigenvalue weighted by atomic mass is 35.5. The molecule has 116 valence electrons. The van der Waals surface area contributed by atoms with Crippen LogP contribution in [-0.2, 0) is 6.54 Å². The van der Waals surface area contributed by atoms with Crippen molar-refractivity contribution in [3.8, 4) is 11.4 Å². The molecule has 0 unspecified atom stereocenters. The fraction of sp³-hybridized carbons (Fsp3) is 0.118. The van der Waals surface area contributed by atoms with Gasteiger partial charge >= 0.3 is 5.97 Å². The molecule has 2 aromatic heterocycles. The van der Waals surface area contributed by atoms with Crippen molar-refractivity contribution in [2.75, 3.05) is 0 Å². The molecular formula is C17H14ClN3O2. The van der Waals surface area contributed by atoms with Crippen LogP contribution in [0.1, 0.15) is 21.7 Å². The van der Waals surface area contributed by atoms with Crippen LogP contribution in [0.3, 0.4) is 0 Å². The van der Waals surface area contributed by atoms with Crippen molar-refractivity contribution in [3.05, 3.63) is 70.8 Å². The van der Waals surface area contributed by atoms with E-state index in [1.807, 2.05) is 18.2 Å². The number of aromatic nitrogens is 3. The summed E-state index contributed by atoms with van der Waals surface area (Å²) in [4.78, 5) is 20.2. The molecule has 5 nitrogen and oxygen atoms in total. The second-order valence-electron chi connectivity index (χ2n) is 5.13. The van der Waals surface area contributed by atoms with Gasteiger partial charge in [-0.25, -0.2) is 9.78 Å². The molecule has 0 saturated heterocycles. The Balaban J connectivity index is 2.12. The summed E-state index contributed by atoms with van der Waals surface area (Å²) < 4.78 is 1.69. The maximum absolute atomic E-state index is 11.6. The fourth-order valence-corrected chi connectivity index (χ4v) is 2.61. The fourth-order valence-electron chi connectivity index (χ4n) is 2.49. The van der Waals surface area contributed by atoms with Crippen LogP contribution >= 0.6 is 11.6 Å². The Morgan fingerprint density at radius 3 is 2.61 bits per heavy atom. The topological polar surface area (TPSA) is 68.0 Å². The summed E-state index contributed by atoms with van der Waals surface area (Å²) in [6.07, 6.45) is 3.34. The number of carbonyl (C=O) groups is 1. The third-order valence-corrected chi connectivity index (χ3v) is 3.77. The molecule has 3 rings (SSSR count). The molecule has 2 heterocycles. The minimum atomic E-state index is -1.00. The summed E-state index contributed by atoms with van der Waals surface area (Å²) in [6, 6.07) is 11.0. The number of nitrogens with zero attached hydrogens (tertiary/aromatic N) is 3. The van der Waals surface area contributed by atoms with E-state index in [-0.39, 0.29) is 5.69 Å². The third kappa shape index (κ3) is 3.10. The molecule has 3 aromatic rings. The molecule has 0 atom stereocenters. The zero-order valence-corrected chi connectivity index (χ0v) is 13.2. The number of imidazole rings is 1. The summed E-state index contributed by atoms with van der Waals surface area (Å²) in [7, 11) is 0. The van der Waals surface area contributed by atoms with Crippen LogP contribution in [0.5, 0.6) is 0 Å². The molecule has 0 amide bonds. The van der Waals surface area contributed by atoms with Crippen LogP contribution in [0, 0.1) is 6.92 Å². The number of halogens is 1. The Bertz CT molecular complexity index is 842. The SMILES string of the molecule is Cc1nc(-c2cccnc2)n(Cc2ccc(Cl)cc2)c1C(=O)O. The van der Waals surface area contributed by atoms with Gasteiger partial charge in [-0.1, -0.05) is 23.7 Å². The Labute approximate surface area is 138 Å². The lowest BCUT2D eigenvalue weighted by Crippen LogP contribution is -2.11. The average molecular weight is 328 g/mol. The summed E-state index contributed by atoms with van der Waals surface area (Å²) in [6.45, 7) is 2.09. The van der Waals surface area contributed by atoms with Gasteiger partial charge in [-0.3, -0.25) is 4.98 Å². The number of aromatic carboxylic acids is 1. The van der Waals surface area contributed by atoms with Gasteiger partial charge in [-0.05, 0) is 36.8 Å². The number of benzene rings is 1. The minimum absolute atomic E-state index is 0.179. The number of rotatable bonds is 4. The number of carboxylic acid groups (broad SMARTS) is 1. The van der Waals surface area contributed by atoms with E-state index < -0.39 is 5.97 Å². The van der Waals surface area contributed by atoms with Crippen molar-refractivity contribution in [3.63, 3.8) is 0 Å². The number of pyridine rings is 1. The molecule has 0 saturated carbocycles. The Hall–Kier alpha value is -2.66. The van der Waals surface area contributed by atoms with Crippen LogP contribution in [0.25, 0.3) is 11.4 Å². The van der Waals surface area contributed by atoms with E-state index in [2.05, 4.69) is 9.97 Å². The van der Waals surface area contributed by atoms with Crippen molar-refractivity contribution in [1.29, 1.82) is 0 Å². The predicted octanol–water partition coefficient (Wildman–Crippen LogP) is 3.65. The largest absolute Gasteiger partial charge is 0.477 e. The first-order valence-corrected chi connectivity index (χ1v) is 7.39. The van der Waals surface area contributed by atoms with E-state index in [1.165, 1.54) is 0 Å². The second kappa shape index (κ2) is 6.22. The number of hydrogen-bond acceptors (Lipinski definition) is 3.